The number of aromatic nitrogens is 3. The summed E-state index contributed by atoms with van der Waals surface area (Å²) in [6.45, 7) is 9.64. The molecule has 0 saturated carbocycles. The molecular weight excluding hydrogens is 601 g/mol. The monoisotopic (exact) mass is 638 g/mol. The fourth-order valence-electron chi connectivity index (χ4n) is 6.60. The fourth-order valence-corrected chi connectivity index (χ4v) is 6.60. The first-order valence-corrected chi connectivity index (χ1v) is 15.6. The van der Waals surface area contributed by atoms with Gasteiger partial charge in [-0.3, -0.25) is 9.69 Å². The van der Waals surface area contributed by atoms with Crippen molar-refractivity contribution < 1.29 is 27.4 Å². The number of H-pyrrole nitrogens is 1. The second-order valence-corrected chi connectivity index (χ2v) is 11.7. The third kappa shape index (κ3) is 6.61. The van der Waals surface area contributed by atoms with E-state index in [2.05, 4.69) is 22.5 Å². The second-order valence-electron chi connectivity index (χ2n) is 11.7. The number of amides is 1. The number of carbonyl (C=O) groups is 1. The third-order valence-electron chi connectivity index (χ3n) is 8.87. The molecule has 0 radical (unpaired) electrons. The number of nitriles is 1. The van der Waals surface area contributed by atoms with E-state index in [1.54, 1.807) is 22.1 Å². The number of ether oxygens (including phenoxy) is 2. The number of piperazine rings is 1. The number of fused-ring (bicyclic) bond motifs is 2. The van der Waals surface area contributed by atoms with E-state index in [0.29, 0.717) is 74.8 Å². The van der Waals surface area contributed by atoms with E-state index in [-0.39, 0.29) is 36.6 Å². The number of halogens is 3. The van der Waals surface area contributed by atoms with Gasteiger partial charge in [-0.15, -0.1) is 0 Å². The van der Waals surface area contributed by atoms with Gasteiger partial charge in [0.1, 0.15) is 5.82 Å². The standard InChI is InChI=1S/C32H37F3N8O3/c1-2-28(44)43-14-13-42(20-22(43)6-9-36)30-24-8-12-41(29-23-7-10-37-26(23)5-4-25(29)32(33,34)35)21-27(24)38-31(39-30)46-17-3-11-40-15-18-45-19-16-40/h2,4-5,7,10,22,37H,1,3,6,8,11-21H2. The molecule has 1 aromatic carbocycles. The summed E-state index contributed by atoms with van der Waals surface area (Å²) < 4.78 is 54.3. The van der Waals surface area contributed by atoms with Gasteiger partial charge in [-0.05, 0) is 37.1 Å². The van der Waals surface area contributed by atoms with E-state index >= 15 is 0 Å². The van der Waals surface area contributed by atoms with Crippen molar-refractivity contribution in [3.05, 3.63) is 53.9 Å². The minimum Gasteiger partial charge on any atom is -0.463 e. The van der Waals surface area contributed by atoms with Gasteiger partial charge in [-0.25, -0.2) is 0 Å². The number of morpholine rings is 1. The van der Waals surface area contributed by atoms with Crippen LogP contribution in [0.25, 0.3) is 10.9 Å². The molecule has 1 unspecified atom stereocenters. The molecule has 3 aromatic rings. The number of rotatable bonds is 9. The van der Waals surface area contributed by atoms with Crippen molar-refractivity contribution in [3.63, 3.8) is 0 Å². The minimum atomic E-state index is -4.54. The zero-order chi connectivity index (χ0) is 32.3. The van der Waals surface area contributed by atoms with Crippen LogP contribution in [0.15, 0.2) is 37.1 Å². The summed E-state index contributed by atoms with van der Waals surface area (Å²) in [6, 6.07) is 6.22. The topological polar surface area (TPSA) is 114 Å². The van der Waals surface area contributed by atoms with E-state index in [1.807, 2.05) is 4.90 Å². The Balaban J connectivity index is 1.31. The lowest BCUT2D eigenvalue weighted by Crippen LogP contribution is -2.55. The predicted molar refractivity (Wildman–Crippen MR) is 166 cm³/mol. The van der Waals surface area contributed by atoms with Gasteiger partial charge in [0.05, 0.1) is 61.8 Å². The van der Waals surface area contributed by atoms with Crippen molar-refractivity contribution in [3.8, 4) is 12.1 Å². The highest BCUT2D eigenvalue weighted by atomic mass is 19.4. The Bertz CT molecular complexity index is 1610. The van der Waals surface area contributed by atoms with Gasteiger partial charge >= 0.3 is 12.2 Å². The smallest absolute Gasteiger partial charge is 0.418 e. The average Bonchev–Trinajstić information content (AvgIpc) is 3.55. The van der Waals surface area contributed by atoms with Crippen molar-refractivity contribution in [1.29, 1.82) is 5.26 Å². The van der Waals surface area contributed by atoms with E-state index in [1.165, 1.54) is 12.1 Å². The zero-order valence-corrected chi connectivity index (χ0v) is 25.6. The van der Waals surface area contributed by atoms with Crippen LogP contribution in [0.1, 0.15) is 29.7 Å². The molecule has 3 aliphatic heterocycles. The number of benzene rings is 1. The summed E-state index contributed by atoms with van der Waals surface area (Å²) in [5, 5.41) is 9.99. The normalized spacial score (nSPS) is 19.2. The number of hydrogen-bond acceptors (Lipinski definition) is 9. The van der Waals surface area contributed by atoms with Gasteiger partial charge in [0.2, 0.25) is 5.91 Å². The van der Waals surface area contributed by atoms with Crippen LogP contribution in [0.4, 0.5) is 24.7 Å². The number of carbonyl (C=O) groups excluding carboxylic acids is 1. The maximum absolute atomic E-state index is 14.3. The minimum absolute atomic E-state index is 0.121. The molecule has 0 aliphatic carbocycles. The number of alkyl halides is 3. The molecule has 0 bridgehead atoms. The quantitative estimate of drug-likeness (QED) is 0.277. The van der Waals surface area contributed by atoms with Gasteiger partial charge in [-0.1, -0.05) is 6.58 Å². The molecule has 1 N–H and O–H groups in total. The van der Waals surface area contributed by atoms with Crippen LogP contribution in [0.2, 0.25) is 0 Å². The third-order valence-corrected chi connectivity index (χ3v) is 8.87. The summed E-state index contributed by atoms with van der Waals surface area (Å²) in [4.78, 5) is 32.9. The molecule has 14 heteroatoms. The molecule has 1 atom stereocenters. The first kappa shape index (κ1) is 31.6. The second kappa shape index (κ2) is 13.6. The van der Waals surface area contributed by atoms with E-state index in [0.717, 1.165) is 37.7 Å². The highest BCUT2D eigenvalue weighted by Crippen LogP contribution is 2.43. The van der Waals surface area contributed by atoms with E-state index in [4.69, 9.17) is 19.4 Å². The summed E-state index contributed by atoms with van der Waals surface area (Å²) in [5.74, 6) is 0.404. The lowest BCUT2D eigenvalue weighted by Gasteiger charge is -2.42. The molecule has 11 nitrogen and oxygen atoms in total. The number of anilines is 2. The van der Waals surface area contributed by atoms with E-state index < -0.39 is 11.7 Å². The molecule has 46 heavy (non-hydrogen) atoms. The van der Waals surface area contributed by atoms with Crippen LogP contribution >= 0.6 is 0 Å². The Morgan fingerprint density at radius 3 is 2.74 bits per heavy atom. The highest BCUT2D eigenvalue weighted by Gasteiger charge is 2.38. The molecule has 2 saturated heterocycles. The van der Waals surface area contributed by atoms with Crippen LogP contribution in [0.3, 0.4) is 0 Å². The van der Waals surface area contributed by atoms with Crippen LogP contribution in [-0.2, 0) is 28.7 Å². The molecule has 6 rings (SSSR count). The first-order valence-electron chi connectivity index (χ1n) is 15.6. The Labute approximate surface area is 265 Å². The number of hydrogen-bond donors (Lipinski definition) is 1. The average molecular weight is 639 g/mol. The molecule has 5 heterocycles. The van der Waals surface area contributed by atoms with Crippen LogP contribution in [0.5, 0.6) is 6.01 Å². The lowest BCUT2D eigenvalue weighted by atomic mass is 10.00. The fraction of sp³-hybridized carbons (Fsp3) is 0.500. The molecule has 2 fully saturated rings. The van der Waals surface area contributed by atoms with Crippen LogP contribution in [-0.4, -0.2) is 102 Å². The Morgan fingerprint density at radius 2 is 1.98 bits per heavy atom. The predicted octanol–water partition coefficient (Wildman–Crippen LogP) is 3.76. The molecule has 2 aromatic heterocycles. The van der Waals surface area contributed by atoms with Crippen LogP contribution in [0, 0.1) is 11.3 Å². The SMILES string of the molecule is C=CC(=O)N1CCN(c2nc(OCCCN3CCOCC3)nc3c2CCN(c2c(C(F)(F)F)ccc4[nH]ccc24)C3)CC1CC#N. The van der Waals surface area contributed by atoms with Crippen molar-refractivity contribution in [1.82, 2.24) is 24.8 Å². The van der Waals surface area contributed by atoms with Crippen molar-refractivity contribution in [2.45, 2.75) is 38.0 Å². The van der Waals surface area contributed by atoms with E-state index in [9.17, 15) is 23.2 Å². The van der Waals surface area contributed by atoms with Crippen LogP contribution < -0.4 is 14.5 Å². The zero-order valence-electron chi connectivity index (χ0n) is 25.6. The summed E-state index contributed by atoms with van der Waals surface area (Å²) in [6.07, 6.45) is -0.338. The van der Waals surface area contributed by atoms with Crippen molar-refractivity contribution in [2.24, 2.45) is 0 Å². The van der Waals surface area contributed by atoms with Gasteiger partial charge in [0, 0.05) is 68.5 Å². The molecule has 3 aliphatic rings. The Kier molecular flexibility index (Phi) is 9.32. The van der Waals surface area contributed by atoms with Gasteiger partial charge in [0.15, 0.2) is 0 Å². The first-order chi connectivity index (χ1) is 22.3. The highest BCUT2D eigenvalue weighted by molar-refractivity contribution is 5.94. The lowest BCUT2D eigenvalue weighted by molar-refractivity contribution is -0.137. The Hall–Kier alpha value is -4.35. The summed E-state index contributed by atoms with van der Waals surface area (Å²) in [7, 11) is 0. The van der Waals surface area contributed by atoms with Gasteiger partial charge < -0.3 is 29.2 Å². The molecular formula is C32H37F3N8O3. The summed E-state index contributed by atoms with van der Waals surface area (Å²) >= 11 is 0. The van der Waals surface area contributed by atoms with Crippen molar-refractivity contribution in [2.75, 3.05) is 75.4 Å². The molecule has 1 amide bonds. The van der Waals surface area contributed by atoms with Gasteiger partial charge in [-0.2, -0.15) is 28.4 Å². The summed E-state index contributed by atoms with van der Waals surface area (Å²) in [5.41, 5.74) is 1.49. The maximum atomic E-state index is 14.3. The molecule has 244 valence electrons. The Morgan fingerprint density at radius 1 is 1.15 bits per heavy atom. The number of nitrogens with one attached hydrogen (secondary N) is 1. The maximum Gasteiger partial charge on any atom is 0.418 e. The van der Waals surface area contributed by atoms with Gasteiger partial charge in [0.25, 0.3) is 0 Å². The molecule has 0 spiro atoms. The van der Waals surface area contributed by atoms with Crippen molar-refractivity contribution >= 4 is 28.3 Å². The number of nitrogens with zero attached hydrogens (tertiary/aromatic N) is 7. The largest absolute Gasteiger partial charge is 0.463 e. The number of aromatic amines is 1.